The number of carbonyl (C=O) groups is 1. The number of carbonyl (C=O) groups excluding carboxylic acids is 1. The summed E-state index contributed by atoms with van der Waals surface area (Å²) in [5.74, 6) is -0.880. The molecule has 2 rings (SSSR count). The van der Waals surface area contributed by atoms with Crippen molar-refractivity contribution in [3.63, 3.8) is 0 Å². The molecule has 1 aromatic carbocycles. The monoisotopic (exact) mass is 454 g/mol. The Morgan fingerprint density at radius 3 is 2.28 bits per heavy atom. The van der Waals surface area contributed by atoms with Crippen molar-refractivity contribution in [3.05, 3.63) is 29.4 Å². The topological polar surface area (TPSA) is 174 Å². The zero-order valence-corrected chi connectivity index (χ0v) is 16.5. The molecule has 0 aliphatic rings. The van der Waals surface area contributed by atoms with Gasteiger partial charge in [-0.3, -0.25) is 4.55 Å². The van der Waals surface area contributed by atoms with E-state index in [0.29, 0.717) is 5.69 Å². The van der Waals surface area contributed by atoms with E-state index in [1.165, 1.54) is 37.6 Å². The second kappa shape index (κ2) is 8.12. The average Bonchev–Trinajstić information content (AvgIpc) is 2.86. The van der Waals surface area contributed by atoms with Crippen LogP contribution in [0.15, 0.2) is 27.9 Å². The van der Waals surface area contributed by atoms with E-state index < -0.39 is 30.2 Å². The molecule has 0 spiro atoms. The summed E-state index contributed by atoms with van der Waals surface area (Å²) in [6.45, 7) is 2.71. The summed E-state index contributed by atoms with van der Waals surface area (Å²) < 4.78 is 58.1. The van der Waals surface area contributed by atoms with Gasteiger partial charge in [-0.25, -0.2) is 4.98 Å². The largest absolute Gasteiger partial charge is 0.305 e. The first kappa shape index (κ1) is 21.4. The molecule has 1 amide bonds. The zero-order valence-electron chi connectivity index (χ0n) is 12.9. The maximum absolute atomic E-state index is 11.1. The van der Waals surface area contributed by atoms with Crippen LogP contribution in [0.4, 0.5) is 5.69 Å². The van der Waals surface area contributed by atoms with Gasteiger partial charge in [0, 0.05) is 0 Å². The number of para-hydroxylation sites is 1. The Bertz CT molecular complexity index is 919. The predicted octanol–water partition coefficient (Wildman–Crippen LogP) is -0.390. The van der Waals surface area contributed by atoms with Crippen molar-refractivity contribution in [3.8, 4) is 5.75 Å². The molecule has 5 N–H and O–H groups in total. The number of hydrogen-bond acceptors (Lipinski definition) is 7. The first-order valence-corrected chi connectivity index (χ1v) is 12.1. The number of hydrogen-bond donors (Lipinski definition) is 5. The van der Waals surface area contributed by atoms with Gasteiger partial charge in [0.1, 0.15) is 0 Å². The van der Waals surface area contributed by atoms with Gasteiger partial charge in [0.15, 0.2) is 4.21 Å². The number of aryl methyl sites for hydroxylation is 1. The third-order valence-electron chi connectivity index (χ3n) is 2.57. The number of nitrogens with one attached hydrogen (secondary N) is 1. The third kappa shape index (κ3) is 6.27. The fourth-order valence-corrected chi connectivity index (χ4v) is 4.74. The molecule has 1 heterocycles. The molecule has 0 saturated carbocycles. The molecule has 0 atom stereocenters. The van der Waals surface area contributed by atoms with Crippen molar-refractivity contribution < 1.29 is 34.8 Å². The van der Waals surface area contributed by atoms with Crippen LogP contribution in [0.2, 0.25) is 0 Å². The predicted molar refractivity (Wildman–Crippen MR) is 89.6 cm³/mol. The summed E-state index contributed by atoms with van der Waals surface area (Å²) in [7, 11) is -4.03. The summed E-state index contributed by atoms with van der Waals surface area (Å²) in [5, 5.41) is 11.5. The molecule has 0 aliphatic carbocycles. The fourth-order valence-electron chi connectivity index (χ4n) is 1.61. The van der Waals surface area contributed by atoms with Crippen molar-refractivity contribution in [1.29, 1.82) is 0 Å². The molecule has 0 saturated heterocycles. The molecule has 0 aliphatic heterocycles. The number of aromatic hydroxyl groups is 1. The van der Waals surface area contributed by atoms with Crippen molar-refractivity contribution >= 4 is 51.6 Å². The maximum Gasteiger partial charge on any atom is 0.305 e. The first-order valence-electron chi connectivity index (χ1n) is 6.37. The van der Waals surface area contributed by atoms with Crippen molar-refractivity contribution in [2.24, 2.45) is 0 Å². The number of rotatable bonds is 3. The molecule has 25 heavy (non-hydrogen) atoms. The SMILES string of the molecule is CC(=O)Nc1c(O)cccc1[As](=O)(O)O.Cc1ncsc1S(=O)(=O)O. The summed E-state index contributed by atoms with van der Waals surface area (Å²) in [6, 6.07) is 3.71. The van der Waals surface area contributed by atoms with E-state index in [1.807, 2.05) is 0 Å². The maximum atomic E-state index is 11.1. The number of thiazole rings is 1. The minimum Gasteiger partial charge on any atom is -0.281 e. The minimum absolute atomic E-state index is 0.0764. The van der Waals surface area contributed by atoms with E-state index >= 15 is 0 Å². The van der Waals surface area contributed by atoms with E-state index in [0.717, 1.165) is 11.3 Å². The van der Waals surface area contributed by atoms with Gasteiger partial charge in [0.25, 0.3) is 0 Å². The Morgan fingerprint density at radius 2 is 1.92 bits per heavy atom. The van der Waals surface area contributed by atoms with Crippen LogP contribution in [-0.4, -0.2) is 51.3 Å². The number of anilines is 1. The van der Waals surface area contributed by atoms with Gasteiger partial charge in [-0.05, 0) is 6.92 Å². The van der Waals surface area contributed by atoms with Crippen molar-refractivity contribution in [2.75, 3.05) is 5.32 Å². The van der Waals surface area contributed by atoms with Gasteiger partial charge < -0.3 is 0 Å². The minimum atomic E-state index is -5.14. The second-order valence-electron chi connectivity index (χ2n) is 4.60. The molecular formula is C12H15AsN2O8S2. The summed E-state index contributed by atoms with van der Waals surface area (Å²) in [5.41, 5.74) is 1.49. The average molecular weight is 454 g/mol. The normalized spacial score (nSPS) is 11.4. The van der Waals surface area contributed by atoms with Gasteiger partial charge in [-0.15, -0.1) is 11.3 Å². The Kier molecular flexibility index (Phi) is 6.94. The number of benzene rings is 1. The number of aromatic nitrogens is 1. The Labute approximate surface area is 149 Å². The molecule has 0 fully saturated rings. The van der Waals surface area contributed by atoms with E-state index in [9.17, 15) is 22.1 Å². The van der Waals surface area contributed by atoms with Crippen LogP contribution in [0, 0.1) is 6.92 Å². The van der Waals surface area contributed by atoms with E-state index in [1.54, 1.807) is 0 Å². The molecule has 1 aromatic heterocycles. The standard InChI is InChI=1S/C8H10AsNO5.C4H5NO3S2/c1-5(11)10-8-6(9(13,14)15)3-2-4-7(8)12;1-3-4(9-2-5-3)10(6,7)8/h2-4,12H,1H3,(H,10,11)(H2,13,14,15);2H,1H3,(H,6,7,8). The number of phenols is 1. The van der Waals surface area contributed by atoms with Crippen molar-refractivity contribution in [1.82, 2.24) is 4.98 Å². The quantitative estimate of drug-likeness (QED) is 0.235. The van der Waals surface area contributed by atoms with Crippen LogP contribution in [0.25, 0.3) is 0 Å². The van der Waals surface area contributed by atoms with Crippen LogP contribution in [-0.2, 0) is 18.7 Å². The smallest absolute Gasteiger partial charge is 0.281 e. The molecule has 10 nitrogen and oxygen atoms in total. The van der Waals surface area contributed by atoms with Crippen LogP contribution in [0.3, 0.4) is 0 Å². The van der Waals surface area contributed by atoms with Gasteiger partial charge in [0.2, 0.25) is 0 Å². The summed E-state index contributed by atoms with van der Waals surface area (Å²) >= 11 is -4.23. The summed E-state index contributed by atoms with van der Waals surface area (Å²) in [4.78, 5) is 14.4. The van der Waals surface area contributed by atoms with Crippen LogP contribution in [0.1, 0.15) is 12.6 Å². The number of phenolic OH excluding ortho intramolecular Hbond substituents is 1. The van der Waals surface area contributed by atoms with E-state index in [4.69, 9.17) is 12.7 Å². The van der Waals surface area contributed by atoms with Crippen LogP contribution < -0.4 is 9.67 Å². The molecule has 0 bridgehead atoms. The van der Waals surface area contributed by atoms with Gasteiger partial charge in [-0.2, -0.15) is 8.42 Å². The van der Waals surface area contributed by atoms with E-state index in [-0.39, 0.29) is 20.0 Å². The third-order valence-corrected chi connectivity index (χ3v) is 7.07. The second-order valence-corrected chi connectivity index (χ2v) is 10.4. The Hall–Kier alpha value is -1.69. The van der Waals surface area contributed by atoms with Crippen molar-refractivity contribution in [2.45, 2.75) is 18.1 Å². The zero-order chi connectivity index (χ0) is 19.4. The number of amides is 1. The molecule has 13 heteroatoms. The van der Waals surface area contributed by atoms with Crippen LogP contribution in [0.5, 0.6) is 5.75 Å². The molecule has 2 aromatic rings. The molecule has 138 valence electrons. The molecular weight excluding hydrogens is 439 g/mol. The van der Waals surface area contributed by atoms with Gasteiger partial charge in [-0.1, -0.05) is 0 Å². The number of nitrogens with zero attached hydrogens (tertiary/aromatic N) is 1. The van der Waals surface area contributed by atoms with Gasteiger partial charge in [0.05, 0.1) is 11.2 Å². The van der Waals surface area contributed by atoms with E-state index in [2.05, 4.69) is 10.3 Å². The Balaban J connectivity index is 0.000000271. The van der Waals surface area contributed by atoms with Gasteiger partial charge >= 0.3 is 98.3 Å². The fraction of sp³-hybridized carbons (Fsp3) is 0.167. The molecule has 0 radical (unpaired) electrons. The Morgan fingerprint density at radius 1 is 1.32 bits per heavy atom. The van der Waals surface area contributed by atoms with Crippen LogP contribution >= 0.6 is 11.3 Å². The first-order chi connectivity index (χ1) is 11.3. The molecule has 0 unspecified atom stereocenters. The summed E-state index contributed by atoms with van der Waals surface area (Å²) in [6.07, 6.45) is 0.